The normalized spacial score (nSPS) is 39.0. The largest absolute Gasteiger partial charge is 0.382 e. The third kappa shape index (κ3) is 4.42. The molecule has 0 aromatic heterocycles. The third-order valence-corrected chi connectivity index (χ3v) is 5.35. The average molecular weight is 335 g/mol. The molecule has 2 saturated carbocycles. The Morgan fingerprint density at radius 2 is 2.00 bits per heavy atom. The highest BCUT2D eigenvalue weighted by molar-refractivity contribution is 9.09. The highest BCUT2D eigenvalue weighted by Gasteiger charge is 2.42. The summed E-state index contributed by atoms with van der Waals surface area (Å²) in [5, 5.41) is 0. The molecule has 0 aliphatic heterocycles. The molecule has 3 nitrogen and oxygen atoms in total. The molecule has 0 N–H and O–H groups in total. The number of alkyl halides is 1. The SMILES string of the molecule is CCC1CCCC(OC2CC(Br)C2OCCOC)C1. The van der Waals surface area contributed by atoms with Crippen molar-refractivity contribution in [1.29, 1.82) is 0 Å². The van der Waals surface area contributed by atoms with Gasteiger partial charge in [-0.1, -0.05) is 42.1 Å². The van der Waals surface area contributed by atoms with Crippen LogP contribution in [0.4, 0.5) is 0 Å². The summed E-state index contributed by atoms with van der Waals surface area (Å²) in [7, 11) is 1.71. The second kappa shape index (κ2) is 7.96. The van der Waals surface area contributed by atoms with Gasteiger partial charge in [0, 0.05) is 11.9 Å². The molecule has 0 spiro atoms. The monoisotopic (exact) mass is 334 g/mol. The average Bonchev–Trinajstić information content (AvgIpc) is 2.43. The minimum Gasteiger partial charge on any atom is -0.382 e. The quantitative estimate of drug-likeness (QED) is 0.526. The number of halogens is 1. The highest BCUT2D eigenvalue weighted by atomic mass is 79.9. The maximum atomic E-state index is 6.28. The van der Waals surface area contributed by atoms with Crippen LogP contribution < -0.4 is 0 Å². The Morgan fingerprint density at radius 3 is 2.68 bits per heavy atom. The van der Waals surface area contributed by atoms with Crippen molar-refractivity contribution in [3.63, 3.8) is 0 Å². The fourth-order valence-corrected chi connectivity index (χ4v) is 3.98. The zero-order valence-electron chi connectivity index (χ0n) is 12.1. The van der Waals surface area contributed by atoms with E-state index < -0.39 is 0 Å². The number of hydrogen-bond donors (Lipinski definition) is 0. The van der Waals surface area contributed by atoms with E-state index in [1.165, 1.54) is 32.1 Å². The second-order valence-corrected chi connectivity index (χ2v) is 6.99. The molecule has 0 heterocycles. The minimum atomic E-state index is 0.206. The summed E-state index contributed by atoms with van der Waals surface area (Å²) in [5.74, 6) is 0.867. The molecule has 2 aliphatic carbocycles. The highest BCUT2D eigenvalue weighted by Crippen LogP contribution is 2.37. The molecular weight excluding hydrogens is 308 g/mol. The van der Waals surface area contributed by atoms with Crippen molar-refractivity contribution in [1.82, 2.24) is 0 Å². The predicted molar refractivity (Wildman–Crippen MR) is 79.9 cm³/mol. The summed E-state index contributed by atoms with van der Waals surface area (Å²) in [4.78, 5) is 0.444. The Bertz CT molecular complexity index is 262. The fourth-order valence-electron chi connectivity index (χ4n) is 3.12. The molecule has 112 valence electrons. The Balaban J connectivity index is 1.72. The maximum absolute atomic E-state index is 6.28. The van der Waals surface area contributed by atoms with Gasteiger partial charge in [-0.2, -0.15) is 0 Å². The number of hydrogen-bond acceptors (Lipinski definition) is 3. The van der Waals surface area contributed by atoms with Crippen LogP contribution in [-0.4, -0.2) is 43.5 Å². The van der Waals surface area contributed by atoms with E-state index in [0.717, 1.165) is 12.3 Å². The minimum absolute atomic E-state index is 0.206. The van der Waals surface area contributed by atoms with Gasteiger partial charge in [0.2, 0.25) is 0 Å². The van der Waals surface area contributed by atoms with Gasteiger partial charge in [0.15, 0.2) is 0 Å². The van der Waals surface area contributed by atoms with Crippen LogP contribution in [0.25, 0.3) is 0 Å². The molecule has 0 aromatic carbocycles. The number of rotatable bonds is 7. The molecule has 5 atom stereocenters. The van der Waals surface area contributed by atoms with Crippen molar-refractivity contribution < 1.29 is 14.2 Å². The predicted octanol–water partition coefficient (Wildman–Crippen LogP) is 3.54. The van der Waals surface area contributed by atoms with Crippen molar-refractivity contribution in [2.75, 3.05) is 20.3 Å². The van der Waals surface area contributed by atoms with E-state index in [1.54, 1.807) is 7.11 Å². The van der Waals surface area contributed by atoms with Crippen LogP contribution in [0.3, 0.4) is 0 Å². The standard InChI is InChI=1S/C15H27BrO3/c1-3-11-5-4-6-12(9-11)19-14-10-13(16)15(14)18-8-7-17-2/h11-15H,3-10H2,1-2H3. The Morgan fingerprint density at radius 1 is 1.16 bits per heavy atom. The van der Waals surface area contributed by atoms with Crippen LogP contribution in [-0.2, 0) is 14.2 Å². The van der Waals surface area contributed by atoms with E-state index >= 15 is 0 Å². The van der Waals surface area contributed by atoms with E-state index in [1.807, 2.05) is 0 Å². The third-order valence-electron chi connectivity index (χ3n) is 4.46. The smallest absolute Gasteiger partial charge is 0.0963 e. The van der Waals surface area contributed by atoms with Crippen LogP contribution >= 0.6 is 15.9 Å². The molecule has 4 heteroatoms. The fraction of sp³-hybridized carbons (Fsp3) is 1.00. The van der Waals surface area contributed by atoms with Gasteiger partial charge in [-0.05, 0) is 25.2 Å². The van der Waals surface area contributed by atoms with Crippen LogP contribution in [0.5, 0.6) is 0 Å². The molecule has 0 saturated heterocycles. The first kappa shape index (κ1) is 15.7. The molecule has 0 aromatic rings. The molecule has 0 radical (unpaired) electrons. The molecule has 2 fully saturated rings. The van der Waals surface area contributed by atoms with Gasteiger partial charge in [0.1, 0.15) is 0 Å². The van der Waals surface area contributed by atoms with E-state index in [9.17, 15) is 0 Å². The molecule has 0 bridgehead atoms. The van der Waals surface area contributed by atoms with E-state index in [-0.39, 0.29) is 12.2 Å². The molecule has 0 amide bonds. The lowest BCUT2D eigenvalue weighted by Gasteiger charge is -2.43. The molecular formula is C15H27BrO3. The van der Waals surface area contributed by atoms with Crippen LogP contribution in [0, 0.1) is 5.92 Å². The molecule has 2 aliphatic rings. The topological polar surface area (TPSA) is 27.7 Å². The lowest BCUT2D eigenvalue weighted by Crippen LogP contribution is -2.52. The Labute approximate surface area is 125 Å². The van der Waals surface area contributed by atoms with Gasteiger partial charge < -0.3 is 14.2 Å². The van der Waals surface area contributed by atoms with Crippen molar-refractivity contribution in [3.05, 3.63) is 0 Å². The zero-order chi connectivity index (χ0) is 13.7. The summed E-state index contributed by atoms with van der Waals surface area (Å²) in [5.41, 5.74) is 0. The number of methoxy groups -OCH3 is 1. The first-order valence-electron chi connectivity index (χ1n) is 7.64. The van der Waals surface area contributed by atoms with Gasteiger partial charge in [-0.15, -0.1) is 0 Å². The summed E-state index contributed by atoms with van der Waals surface area (Å²) in [6.07, 6.45) is 8.48. The van der Waals surface area contributed by atoms with Gasteiger partial charge in [0.25, 0.3) is 0 Å². The van der Waals surface area contributed by atoms with E-state index in [4.69, 9.17) is 14.2 Å². The van der Waals surface area contributed by atoms with E-state index in [2.05, 4.69) is 22.9 Å². The van der Waals surface area contributed by atoms with Gasteiger partial charge in [-0.3, -0.25) is 0 Å². The first-order valence-corrected chi connectivity index (χ1v) is 8.56. The molecule has 5 unspecified atom stereocenters. The summed E-state index contributed by atoms with van der Waals surface area (Å²) in [6.45, 7) is 3.61. The van der Waals surface area contributed by atoms with Crippen LogP contribution in [0.15, 0.2) is 0 Å². The molecule has 19 heavy (non-hydrogen) atoms. The second-order valence-electron chi connectivity index (χ2n) is 5.82. The summed E-state index contributed by atoms with van der Waals surface area (Å²) >= 11 is 3.66. The Kier molecular flexibility index (Phi) is 6.60. The van der Waals surface area contributed by atoms with Gasteiger partial charge in [-0.25, -0.2) is 0 Å². The van der Waals surface area contributed by atoms with Crippen LogP contribution in [0.2, 0.25) is 0 Å². The van der Waals surface area contributed by atoms with Crippen LogP contribution in [0.1, 0.15) is 45.4 Å². The van der Waals surface area contributed by atoms with Crippen molar-refractivity contribution in [3.8, 4) is 0 Å². The first-order chi connectivity index (χ1) is 9.24. The van der Waals surface area contributed by atoms with Gasteiger partial charge in [0.05, 0.1) is 31.5 Å². The Hall–Kier alpha value is 0.360. The maximum Gasteiger partial charge on any atom is 0.0963 e. The van der Waals surface area contributed by atoms with Gasteiger partial charge >= 0.3 is 0 Å². The zero-order valence-corrected chi connectivity index (χ0v) is 13.7. The summed E-state index contributed by atoms with van der Waals surface area (Å²) in [6, 6.07) is 0. The summed E-state index contributed by atoms with van der Waals surface area (Å²) < 4.78 is 17.1. The van der Waals surface area contributed by atoms with Crippen molar-refractivity contribution in [2.24, 2.45) is 5.92 Å². The number of ether oxygens (including phenoxy) is 3. The lowest BCUT2D eigenvalue weighted by atomic mass is 9.84. The molecule has 2 rings (SSSR count). The van der Waals surface area contributed by atoms with Crippen molar-refractivity contribution in [2.45, 2.75) is 68.6 Å². The van der Waals surface area contributed by atoms with E-state index in [0.29, 0.717) is 24.1 Å². The lowest BCUT2D eigenvalue weighted by molar-refractivity contribution is -0.157. The van der Waals surface area contributed by atoms with Crippen molar-refractivity contribution >= 4 is 15.9 Å².